The van der Waals surface area contributed by atoms with Crippen molar-refractivity contribution in [1.29, 1.82) is 0 Å². The van der Waals surface area contributed by atoms with E-state index in [1.54, 1.807) is 0 Å². The summed E-state index contributed by atoms with van der Waals surface area (Å²) in [5.74, 6) is -5.98. The summed E-state index contributed by atoms with van der Waals surface area (Å²) in [6.45, 7) is 10.7. The summed E-state index contributed by atoms with van der Waals surface area (Å²) in [5.41, 5.74) is 6.12. The van der Waals surface area contributed by atoms with Gasteiger partial charge in [0.2, 0.25) is 5.91 Å². The molecule has 1 aliphatic heterocycles. The number of halogens is 5. The largest absolute Gasteiger partial charge is 0.481 e. The number of carbonyl (C=O) groups is 2. The van der Waals surface area contributed by atoms with Crippen LogP contribution in [0, 0.1) is 32.6 Å². The molecule has 2 aliphatic carbocycles. The van der Waals surface area contributed by atoms with Crippen LogP contribution in [0.5, 0.6) is 0 Å². The summed E-state index contributed by atoms with van der Waals surface area (Å²) in [7, 11) is 0. The van der Waals surface area contributed by atoms with Crippen molar-refractivity contribution in [3.05, 3.63) is 91.4 Å². The lowest BCUT2D eigenvalue weighted by atomic mass is 9.86. The first-order valence-corrected chi connectivity index (χ1v) is 19.0. The van der Waals surface area contributed by atoms with Gasteiger partial charge < -0.3 is 19.9 Å². The van der Waals surface area contributed by atoms with Crippen LogP contribution in [0.2, 0.25) is 0 Å². The molecule has 292 valence electrons. The van der Waals surface area contributed by atoms with E-state index in [2.05, 4.69) is 17.4 Å². The van der Waals surface area contributed by atoms with Crippen LogP contribution in [-0.4, -0.2) is 52.0 Å². The van der Waals surface area contributed by atoms with Gasteiger partial charge in [0, 0.05) is 31.1 Å². The number of aryl methyl sites for hydroxylation is 4. The van der Waals surface area contributed by atoms with Crippen LogP contribution in [0.15, 0.2) is 41.3 Å². The standard InChI is InChI=1S/C42H50F5N3O4/c1-23(2)13-36(50-22-33(34(18-37(50)51)42(45,46)47)27-9-11-49(12-10-27)21-30-20-41(30,43)44)40(54)48-35(19-38(52)53)29-16-28-7-6-8-31(28)32(17-29)39-25(4)14-24(3)15-26(39)5/h14-18,22-23,27,30,35-36H,6-13,19-21H2,1-5H3,(H,48,54)(H,52,53)/t30?,35-,36+/m0/s1. The molecular formula is C42H50F5N3O4. The summed E-state index contributed by atoms with van der Waals surface area (Å²) >= 11 is 0. The maximum absolute atomic E-state index is 14.5. The van der Waals surface area contributed by atoms with E-state index in [1.807, 2.05) is 51.7 Å². The zero-order chi connectivity index (χ0) is 39.3. The van der Waals surface area contributed by atoms with Gasteiger partial charge in [-0.15, -0.1) is 0 Å². The molecule has 1 saturated carbocycles. The van der Waals surface area contributed by atoms with Gasteiger partial charge in [-0.3, -0.25) is 14.4 Å². The van der Waals surface area contributed by atoms with Crippen LogP contribution >= 0.6 is 0 Å². The molecule has 7 nitrogen and oxygen atoms in total. The first-order chi connectivity index (χ1) is 25.3. The molecule has 12 heteroatoms. The van der Waals surface area contributed by atoms with Crippen LogP contribution in [-0.2, 0) is 28.6 Å². The quantitative estimate of drug-likeness (QED) is 0.181. The van der Waals surface area contributed by atoms with Crippen LogP contribution < -0.4 is 10.9 Å². The Kier molecular flexibility index (Phi) is 11.2. The SMILES string of the molecule is Cc1cc(C)c(-c2cc([C@H](CC(=O)O)NC(=O)[C@@H](CC(C)C)n3cc(C4CCN(CC5CC5(F)F)CC4)c(C(F)(F)F)cc3=O)cc3c2CCC3)c(C)c1. The minimum atomic E-state index is -4.83. The lowest BCUT2D eigenvalue weighted by Crippen LogP contribution is -2.41. The number of fused-ring (bicyclic) bond motifs is 1. The molecule has 6 rings (SSSR count). The number of benzene rings is 2. The number of nitrogens with one attached hydrogen (secondary N) is 1. The number of carbonyl (C=O) groups excluding carboxylic acids is 1. The van der Waals surface area contributed by atoms with Crippen molar-refractivity contribution in [2.24, 2.45) is 11.8 Å². The number of aromatic nitrogens is 1. The molecule has 2 heterocycles. The molecule has 2 aromatic carbocycles. The highest BCUT2D eigenvalue weighted by molar-refractivity contribution is 5.82. The Bertz CT molecular complexity index is 1960. The second-order valence-electron chi connectivity index (χ2n) is 16.3. The minimum absolute atomic E-state index is 0.103. The van der Waals surface area contributed by atoms with Crippen molar-refractivity contribution >= 4 is 11.9 Å². The van der Waals surface area contributed by atoms with Crippen LogP contribution in [0.3, 0.4) is 0 Å². The number of hydrogen-bond donors (Lipinski definition) is 2. The van der Waals surface area contributed by atoms with Crippen molar-refractivity contribution in [2.75, 3.05) is 19.6 Å². The average molecular weight is 756 g/mol. The number of pyridine rings is 1. The second kappa shape index (κ2) is 15.2. The topological polar surface area (TPSA) is 91.6 Å². The summed E-state index contributed by atoms with van der Waals surface area (Å²) in [5, 5.41) is 12.9. The van der Waals surface area contributed by atoms with E-state index < -0.39 is 65.4 Å². The summed E-state index contributed by atoms with van der Waals surface area (Å²) in [6, 6.07) is 6.49. The van der Waals surface area contributed by atoms with Gasteiger partial charge in [0.15, 0.2) is 0 Å². The third-order valence-electron chi connectivity index (χ3n) is 11.5. The monoisotopic (exact) mass is 755 g/mol. The second-order valence-corrected chi connectivity index (χ2v) is 16.3. The van der Waals surface area contributed by atoms with E-state index in [0.29, 0.717) is 24.7 Å². The molecule has 2 N–H and O–H groups in total. The Morgan fingerprint density at radius 2 is 1.65 bits per heavy atom. The number of amides is 1. The Labute approximate surface area is 312 Å². The smallest absolute Gasteiger partial charge is 0.416 e. The molecule has 2 fully saturated rings. The molecule has 3 aliphatic rings. The summed E-state index contributed by atoms with van der Waals surface area (Å²) in [4.78, 5) is 42.0. The van der Waals surface area contributed by atoms with Gasteiger partial charge in [0.1, 0.15) is 6.04 Å². The molecule has 0 radical (unpaired) electrons. The first-order valence-electron chi connectivity index (χ1n) is 19.0. The Morgan fingerprint density at radius 1 is 1.00 bits per heavy atom. The normalized spacial score (nSPS) is 19.8. The molecule has 0 spiro atoms. The number of carboxylic acids is 1. The van der Waals surface area contributed by atoms with Gasteiger partial charge in [0.05, 0.1) is 18.0 Å². The fourth-order valence-electron chi connectivity index (χ4n) is 8.83. The molecule has 3 aromatic rings. The lowest BCUT2D eigenvalue weighted by Gasteiger charge is -2.34. The summed E-state index contributed by atoms with van der Waals surface area (Å²) in [6.07, 6.45) is -0.996. The number of alkyl halides is 5. The highest BCUT2D eigenvalue weighted by Crippen LogP contribution is 2.49. The van der Waals surface area contributed by atoms with Crippen molar-refractivity contribution in [2.45, 2.75) is 116 Å². The van der Waals surface area contributed by atoms with E-state index >= 15 is 0 Å². The fourth-order valence-corrected chi connectivity index (χ4v) is 8.83. The Morgan fingerprint density at radius 3 is 2.22 bits per heavy atom. The maximum Gasteiger partial charge on any atom is 0.416 e. The molecular weight excluding hydrogens is 705 g/mol. The predicted molar refractivity (Wildman–Crippen MR) is 197 cm³/mol. The van der Waals surface area contributed by atoms with Crippen molar-refractivity contribution in [3.8, 4) is 11.1 Å². The van der Waals surface area contributed by atoms with E-state index in [0.717, 1.165) is 63.4 Å². The zero-order valence-electron chi connectivity index (χ0n) is 31.6. The Hall–Kier alpha value is -4.06. The van der Waals surface area contributed by atoms with E-state index in [4.69, 9.17) is 0 Å². The molecule has 1 saturated heterocycles. The zero-order valence-corrected chi connectivity index (χ0v) is 31.6. The third-order valence-corrected chi connectivity index (χ3v) is 11.5. The van der Waals surface area contributed by atoms with Crippen LogP contribution in [0.1, 0.15) is 115 Å². The van der Waals surface area contributed by atoms with Crippen molar-refractivity contribution in [3.63, 3.8) is 0 Å². The molecule has 3 atom stereocenters. The van der Waals surface area contributed by atoms with Gasteiger partial charge in [-0.1, -0.05) is 37.6 Å². The number of nitrogens with zero attached hydrogens (tertiary/aromatic N) is 2. The van der Waals surface area contributed by atoms with E-state index in [1.165, 1.54) is 5.56 Å². The molecule has 0 bridgehead atoms. The first kappa shape index (κ1) is 39.6. The van der Waals surface area contributed by atoms with Gasteiger partial charge in [0.25, 0.3) is 11.5 Å². The number of piperidine rings is 1. The molecule has 1 amide bonds. The number of aliphatic carboxylic acids is 1. The van der Waals surface area contributed by atoms with Gasteiger partial charge >= 0.3 is 12.1 Å². The van der Waals surface area contributed by atoms with E-state index in [-0.39, 0.29) is 43.7 Å². The van der Waals surface area contributed by atoms with Crippen LogP contribution in [0.25, 0.3) is 11.1 Å². The molecule has 54 heavy (non-hydrogen) atoms. The Balaban J connectivity index is 1.34. The predicted octanol–water partition coefficient (Wildman–Crippen LogP) is 8.70. The summed E-state index contributed by atoms with van der Waals surface area (Å²) < 4.78 is 71.6. The highest BCUT2D eigenvalue weighted by atomic mass is 19.4. The van der Waals surface area contributed by atoms with Crippen LogP contribution in [0.4, 0.5) is 22.0 Å². The lowest BCUT2D eigenvalue weighted by molar-refractivity contribution is -0.139. The minimum Gasteiger partial charge on any atom is -0.481 e. The van der Waals surface area contributed by atoms with Crippen molar-refractivity contribution in [1.82, 2.24) is 14.8 Å². The maximum atomic E-state index is 14.5. The van der Waals surface area contributed by atoms with Gasteiger partial charge in [-0.05, 0) is 135 Å². The average Bonchev–Trinajstić information content (AvgIpc) is 3.41. The fraction of sp³-hybridized carbons (Fsp3) is 0.548. The number of carboxylic acid groups (broad SMARTS) is 1. The third kappa shape index (κ3) is 8.58. The van der Waals surface area contributed by atoms with Crippen molar-refractivity contribution < 1.29 is 36.6 Å². The number of likely N-dealkylation sites (tertiary alicyclic amines) is 1. The highest BCUT2D eigenvalue weighted by Gasteiger charge is 2.57. The number of hydrogen-bond acceptors (Lipinski definition) is 4. The number of rotatable bonds is 12. The molecule has 1 unspecified atom stereocenters. The van der Waals surface area contributed by atoms with Gasteiger partial charge in [-0.2, -0.15) is 13.2 Å². The molecule has 1 aromatic heterocycles. The van der Waals surface area contributed by atoms with Gasteiger partial charge in [-0.25, -0.2) is 8.78 Å². The van der Waals surface area contributed by atoms with E-state index in [9.17, 15) is 41.4 Å².